The zero-order chi connectivity index (χ0) is 25.4. The molecule has 2 N–H and O–H groups in total. The van der Waals surface area contributed by atoms with Gasteiger partial charge in [0.2, 0.25) is 0 Å². The Morgan fingerprint density at radius 2 is 2.00 bits per heavy atom. The number of aliphatic hydroxyl groups is 1. The van der Waals surface area contributed by atoms with E-state index in [1.54, 1.807) is 51.1 Å². The summed E-state index contributed by atoms with van der Waals surface area (Å²) in [6, 6.07) is 8.57. The highest BCUT2D eigenvalue weighted by molar-refractivity contribution is 7.52. The number of hydrogen-bond donors (Lipinski definition) is 2. The molecule has 1 aromatic heterocycles. The maximum absolute atomic E-state index is 13.6. The van der Waals surface area contributed by atoms with Crippen LogP contribution in [0.5, 0.6) is 11.8 Å². The summed E-state index contributed by atoms with van der Waals surface area (Å²) in [6.45, 7) is 6.12. The summed E-state index contributed by atoms with van der Waals surface area (Å²) >= 11 is 0. The molecule has 1 saturated heterocycles. The van der Waals surface area contributed by atoms with Crippen molar-refractivity contribution in [2.75, 3.05) is 6.61 Å². The molecule has 6 atom stereocenters. The minimum Gasteiger partial charge on any atom is -0.462 e. The van der Waals surface area contributed by atoms with Crippen molar-refractivity contribution in [3.63, 3.8) is 0 Å². The van der Waals surface area contributed by atoms with Gasteiger partial charge in [0, 0.05) is 12.3 Å². The molecule has 2 aromatic rings. The molecule has 0 radical (unpaired) electrons. The van der Waals surface area contributed by atoms with Gasteiger partial charge in [0.1, 0.15) is 24.0 Å². The van der Waals surface area contributed by atoms with Gasteiger partial charge in [-0.25, -0.2) is 4.57 Å². The maximum atomic E-state index is 13.6. The molecule has 0 spiro atoms. The second kappa shape index (κ2) is 9.71. The van der Waals surface area contributed by atoms with Crippen LogP contribution in [0.1, 0.15) is 33.9 Å². The predicted molar refractivity (Wildman–Crippen MR) is 122 cm³/mol. The molecule has 3 heterocycles. The van der Waals surface area contributed by atoms with Gasteiger partial charge in [0.15, 0.2) is 11.8 Å². The summed E-state index contributed by atoms with van der Waals surface area (Å²) in [5.41, 5.74) is -1.74. The van der Waals surface area contributed by atoms with Crippen LogP contribution in [0.4, 0.5) is 0 Å². The molecule has 0 saturated carbocycles. The van der Waals surface area contributed by atoms with Crippen molar-refractivity contribution < 1.29 is 37.7 Å². The van der Waals surface area contributed by atoms with E-state index in [0.29, 0.717) is 0 Å². The summed E-state index contributed by atoms with van der Waals surface area (Å²) < 4.78 is 43.2. The highest BCUT2D eigenvalue weighted by Gasteiger charge is 2.61. The normalized spacial score (nSPS) is 27.4. The summed E-state index contributed by atoms with van der Waals surface area (Å²) in [7, 11) is -4.14. The van der Waals surface area contributed by atoms with Gasteiger partial charge < -0.3 is 23.8 Å². The second-order valence-electron chi connectivity index (χ2n) is 8.75. The van der Waals surface area contributed by atoms with Gasteiger partial charge in [-0.1, -0.05) is 18.2 Å². The lowest BCUT2D eigenvalue weighted by molar-refractivity contribution is -0.149. The number of nitrogens with one attached hydrogen (secondary N) is 1. The zero-order valence-electron chi connectivity index (χ0n) is 19.7. The van der Waals surface area contributed by atoms with Crippen LogP contribution in [0.25, 0.3) is 0 Å². The van der Waals surface area contributed by atoms with Gasteiger partial charge >= 0.3 is 19.7 Å². The molecule has 4 unspecified atom stereocenters. The SMILES string of the molecule is CC(C)OC(=O)[C@H](C)NP(=O)(OCC1OC2n3ccc(=O)nc3O[C@@]2(C)C1O)Oc1ccccc1. The molecule has 4 rings (SSSR count). The van der Waals surface area contributed by atoms with Crippen LogP contribution < -0.4 is 19.9 Å². The van der Waals surface area contributed by atoms with E-state index in [2.05, 4.69) is 10.1 Å². The van der Waals surface area contributed by atoms with E-state index in [4.69, 9.17) is 23.3 Å². The Bertz CT molecular complexity index is 1170. The molecule has 190 valence electrons. The Labute approximate surface area is 201 Å². The molecule has 1 fully saturated rings. The van der Waals surface area contributed by atoms with Crippen molar-refractivity contribution in [1.82, 2.24) is 14.6 Å². The third-order valence-electron chi connectivity index (χ3n) is 5.54. The number of carbonyl (C=O) groups excluding carboxylic acids is 1. The summed E-state index contributed by atoms with van der Waals surface area (Å²) in [4.78, 5) is 27.6. The van der Waals surface area contributed by atoms with Crippen molar-refractivity contribution in [2.24, 2.45) is 0 Å². The molecule has 2 aliphatic heterocycles. The number of para-hydroxylation sites is 1. The van der Waals surface area contributed by atoms with Gasteiger partial charge in [-0.2, -0.15) is 10.1 Å². The fourth-order valence-corrected chi connectivity index (χ4v) is 5.33. The highest BCUT2D eigenvalue weighted by Crippen LogP contribution is 2.49. The van der Waals surface area contributed by atoms with E-state index in [0.717, 1.165) is 0 Å². The number of fused-ring (bicyclic) bond motifs is 3. The predicted octanol–water partition coefficient (Wildman–Crippen LogP) is 1.79. The van der Waals surface area contributed by atoms with Crippen LogP contribution in [0.2, 0.25) is 0 Å². The van der Waals surface area contributed by atoms with Crippen LogP contribution in [-0.2, 0) is 23.4 Å². The first-order valence-corrected chi connectivity index (χ1v) is 12.6. The van der Waals surface area contributed by atoms with Gasteiger partial charge in [-0.15, -0.1) is 0 Å². The first-order valence-electron chi connectivity index (χ1n) is 11.1. The summed E-state index contributed by atoms with van der Waals surface area (Å²) in [5.74, 6) is -0.386. The number of aliphatic hydroxyl groups excluding tert-OH is 1. The Morgan fingerprint density at radius 1 is 1.29 bits per heavy atom. The molecule has 13 heteroatoms. The fraction of sp³-hybridized carbons (Fsp3) is 0.500. The van der Waals surface area contributed by atoms with Crippen molar-refractivity contribution in [1.29, 1.82) is 0 Å². The number of ether oxygens (including phenoxy) is 3. The van der Waals surface area contributed by atoms with Crippen LogP contribution in [0.3, 0.4) is 0 Å². The Kier molecular flexibility index (Phi) is 7.03. The van der Waals surface area contributed by atoms with Crippen molar-refractivity contribution in [3.8, 4) is 11.8 Å². The third kappa shape index (κ3) is 5.26. The largest absolute Gasteiger partial charge is 0.462 e. The van der Waals surface area contributed by atoms with E-state index in [9.17, 15) is 19.3 Å². The topological polar surface area (TPSA) is 147 Å². The van der Waals surface area contributed by atoms with Crippen LogP contribution in [0, 0.1) is 0 Å². The van der Waals surface area contributed by atoms with Crippen molar-refractivity contribution in [3.05, 3.63) is 52.9 Å². The molecular formula is C22H28N3O9P. The number of benzene rings is 1. The Morgan fingerprint density at radius 3 is 2.69 bits per heavy atom. The molecule has 2 aliphatic rings. The van der Waals surface area contributed by atoms with E-state index < -0.39 is 49.4 Å². The zero-order valence-corrected chi connectivity index (χ0v) is 20.6. The molecule has 0 amide bonds. The summed E-state index contributed by atoms with van der Waals surface area (Å²) in [5, 5.41) is 13.5. The van der Waals surface area contributed by atoms with E-state index in [1.807, 2.05) is 0 Å². The molecular weight excluding hydrogens is 481 g/mol. The third-order valence-corrected chi connectivity index (χ3v) is 7.18. The smallest absolute Gasteiger partial charge is 0.459 e. The summed E-state index contributed by atoms with van der Waals surface area (Å²) in [6.07, 6.45) is -1.89. The number of hydrogen-bond acceptors (Lipinski definition) is 10. The fourth-order valence-electron chi connectivity index (χ4n) is 3.83. The average Bonchev–Trinajstić information content (AvgIpc) is 3.20. The second-order valence-corrected chi connectivity index (χ2v) is 10.4. The van der Waals surface area contributed by atoms with Crippen LogP contribution in [-0.4, -0.2) is 57.2 Å². The van der Waals surface area contributed by atoms with E-state index in [1.165, 1.54) is 23.8 Å². The quantitative estimate of drug-likeness (QED) is 0.377. The minimum absolute atomic E-state index is 0.0284. The van der Waals surface area contributed by atoms with Gasteiger partial charge in [0.05, 0.1) is 12.7 Å². The molecule has 1 aromatic carbocycles. The van der Waals surface area contributed by atoms with Crippen molar-refractivity contribution in [2.45, 2.75) is 63.9 Å². The Balaban J connectivity index is 1.49. The molecule has 35 heavy (non-hydrogen) atoms. The van der Waals surface area contributed by atoms with E-state index >= 15 is 0 Å². The molecule has 0 aliphatic carbocycles. The van der Waals surface area contributed by atoms with Gasteiger partial charge in [-0.3, -0.25) is 18.7 Å². The first-order chi connectivity index (χ1) is 16.5. The highest BCUT2D eigenvalue weighted by atomic mass is 31.2. The minimum atomic E-state index is -4.14. The average molecular weight is 509 g/mol. The monoisotopic (exact) mass is 509 g/mol. The first kappa shape index (κ1) is 25.3. The Hall–Kier alpha value is -2.76. The lowest BCUT2D eigenvalue weighted by Crippen LogP contribution is -2.46. The lowest BCUT2D eigenvalue weighted by Gasteiger charge is -2.26. The molecule has 0 bridgehead atoms. The van der Waals surface area contributed by atoms with Crippen LogP contribution in [0.15, 0.2) is 47.4 Å². The molecule has 12 nitrogen and oxygen atoms in total. The maximum Gasteiger partial charge on any atom is 0.459 e. The standard InChI is InChI=1S/C22H28N3O9P/c1-13(2)31-19(28)14(3)24-35(29,34-15-8-6-5-7-9-15)30-12-16-18(27)22(4)20(32-16)25-11-10-17(26)23-21(25)33-22/h5-11,13-14,16,18,20,27H,12H2,1-4H3,(H,24,29)/t14-,16?,18?,20?,22-,35?/m0/s1. The number of nitrogens with zero attached hydrogens (tertiary/aromatic N) is 2. The van der Waals surface area contributed by atoms with Crippen molar-refractivity contribution >= 4 is 13.7 Å². The van der Waals surface area contributed by atoms with Gasteiger partial charge in [0.25, 0.3) is 5.56 Å². The number of esters is 1. The van der Waals surface area contributed by atoms with Crippen LogP contribution >= 0.6 is 7.75 Å². The number of rotatable bonds is 9. The number of aromatic nitrogens is 2. The van der Waals surface area contributed by atoms with E-state index in [-0.39, 0.29) is 24.5 Å². The lowest BCUT2D eigenvalue weighted by atomic mass is 9.97. The van der Waals surface area contributed by atoms with Gasteiger partial charge in [-0.05, 0) is 39.8 Å². The number of carbonyl (C=O) groups is 1.